The van der Waals surface area contributed by atoms with E-state index in [-0.39, 0.29) is 0 Å². The second-order valence-electron chi connectivity index (χ2n) is 3.87. The van der Waals surface area contributed by atoms with Gasteiger partial charge in [-0.3, -0.25) is 4.90 Å². The molecule has 58 valence electrons. The van der Waals surface area contributed by atoms with Crippen LogP contribution in [-0.4, -0.2) is 22.5 Å². The van der Waals surface area contributed by atoms with Crippen molar-refractivity contribution in [3.63, 3.8) is 0 Å². The van der Waals surface area contributed by atoms with E-state index < -0.39 is 0 Å². The average Bonchev–Trinajstić information content (AvgIpc) is 2.62. The first-order valence-electron chi connectivity index (χ1n) is 4.06. The molecule has 0 aromatic heterocycles. The standard InChI is InChI=1S/C8H14IN/c1-10-5-4-8(2-3-8)6-7(10)9/h7H,2-6H2,1H3. The zero-order chi connectivity index (χ0) is 7.19. The molecule has 0 aromatic carbocycles. The first-order chi connectivity index (χ1) is 4.72. The molecule has 1 heterocycles. The number of halogens is 1. The Balaban J connectivity index is 1.98. The van der Waals surface area contributed by atoms with Crippen LogP contribution in [0, 0.1) is 5.41 Å². The molecule has 0 bridgehead atoms. The van der Waals surface area contributed by atoms with E-state index in [4.69, 9.17) is 0 Å². The third-order valence-electron chi connectivity index (χ3n) is 3.03. The molecule has 1 saturated heterocycles. The van der Waals surface area contributed by atoms with Crippen molar-refractivity contribution in [1.29, 1.82) is 0 Å². The molecule has 2 fully saturated rings. The summed E-state index contributed by atoms with van der Waals surface area (Å²) in [6.07, 6.45) is 5.94. The largest absolute Gasteiger partial charge is 0.295 e. The fourth-order valence-electron chi connectivity index (χ4n) is 1.80. The van der Waals surface area contributed by atoms with Crippen LogP contribution in [0.2, 0.25) is 0 Å². The van der Waals surface area contributed by atoms with E-state index in [2.05, 4.69) is 34.5 Å². The second kappa shape index (κ2) is 2.34. The van der Waals surface area contributed by atoms with Crippen LogP contribution < -0.4 is 0 Å². The van der Waals surface area contributed by atoms with Gasteiger partial charge in [0.05, 0.1) is 4.05 Å². The lowest BCUT2D eigenvalue weighted by Gasteiger charge is -2.33. The lowest BCUT2D eigenvalue weighted by atomic mass is 9.94. The molecule has 0 N–H and O–H groups in total. The third-order valence-corrected chi connectivity index (χ3v) is 4.42. The number of likely N-dealkylation sites (tertiary alicyclic amines) is 1. The number of hydrogen-bond acceptors (Lipinski definition) is 1. The predicted molar refractivity (Wildman–Crippen MR) is 51.3 cm³/mol. The second-order valence-corrected chi connectivity index (χ2v) is 5.31. The van der Waals surface area contributed by atoms with Gasteiger partial charge < -0.3 is 0 Å². The van der Waals surface area contributed by atoms with Crippen molar-refractivity contribution in [1.82, 2.24) is 4.90 Å². The minimum absolute atomic E-state index is 0.814. The summed E-state index contributed by atoms with van der Waals surface area (Å²) >= 11 is 2.57. The van der Waals surface area contributed by atoms with Gasteiger partial charge in [0.1, 0.15) is 0 Å². The zero-order valence-electron chi connectivity index (χ0n) is 6.44. The first-order valence-corrected chi connectivity index (χ1v) is 5.31. The Labute approximate surface area is 76.3 Å². The molecule has 2 rings (SSSR count). The van der Waals surface area contributed by atoms with Crippen molar-refractivity contribution in [2.24, 2.45) is 5.41 Å². The quantitative estimate of drug-likeness (QED) is 0.362. The molecule has 1 unspecified atom stereocenters. The molecule has 2 aliphatic rings. The molecule has 1 atom stereocenters. The van der Waals surface area contributed by atoms with E-state index in [0.29, 0.717) is 0 Å². The summed E-state index contributed by atoms with van der Waals surface area (Å²) in [6.45, 7) is 1.33. The maximum atomic E-state index is 2.57. The lowest BCUT2D eigenvalue weighted by Crippen LogP contribution is -2.36. The first kappa shape index (κ1) is 7.35. The normalized spacial score (nSPS) is 38.4. The van der Waals surface area contributed by atoms with Crippen LogP contribution >= 0.6 is 22.6 Å². The molecule has 2 heteroatoms. The Morgan fingerprint density at radius 2 is 2.10 bits per heavy atom. The van der Waals surface area contributed by atoms with Gasteiger partial charge in [0.15, 0.2) is 0 Å². The molecule has 1 aliphatic heterocycles. The van der Waals surface area contributed by atoms with E-state index >= 15 is 0 Å². The minimum Gasteiger partial charge on any atom is -0.295 e. The highest BCUT2D eigenvalue weighted by Gasteiger charge is 2.46. The highest BCUT2D eigenvalue weighted by molar-refractivity contribution is 14.1. The van der Waals surface area contributed by atoms with Crippen molar-refractivity contribution in [2.45, 2.75) is 29.7 Å². The van der Waals surface area contributed by atoms with Gasteiger partial charge in [-0.1, -0.05) is 22.6 Å². The number of nitrogens with zero attached hydrogens (tertiary/aromatic N) is 1. The summed E-state index contributed by atoms with van der Waals surface area (Å²) in [5, 5.41) is 0. The summed E-state index contributed by atoms with van der Waals surface area (Å²) in [4.78, 5) is 2.48. The topological polar surface area (TPSA) is 3.24 Å². The minimum atomic E-state index is 0.814. The van der Waals surface area contributed by atoms with Gasteiger partial charge in [0.2, 0.25) is 0 Å². The van der Waals surface area contributed by atoms with Crippen LogP contribution in [0.4, 0.5) is 0 Å². The number of rotatable bonds is 0. The van der Waals surface area contributed by atoms with E-state index in [1.807, 2.05) is 0 Å². The Hall–Kier alpha value is 0.690. The van der Waals surface area contributed by atoms with Gasteiger partial charge in [-0.15, -0.1) is 0 Å². The fourth-order valence-corrected chi connectivity index (χ4v) is 3.01. The van der Waals surface area contributed by atoms with Crippen LogP contribution in [0.1, 0.15) is 25.7 Å². The van der Waals surface area contributed by atoms with Crippen LogP contribution in [0.3, 0.4) is 0 Å². The summed E-state index contributed by atoms with van der Waals surface area (Å²) in [7, 11) is 2.24. The Morgan fingerprint density at radius 3 is 2.60 bits per heavy atom. The number of piperidine rings is 1. The van der Waals surface area contributed by atoms with Gasteiger partial charge in [0.25, 0.3) is 0 Å². The van der Waals surface area contributed by atoms with Crippen LogP contribution in [0.15, 0.2) is 0 Å². The summed E-state index contributed by atoms with van der Waals surface area (Å²) < 4.78 is 0.814. The third kappa shape index (κ3) is 1.20. The summed E-state index contributed by atoms with van der Waals surface area (Å²) in [6, 6.07) is 0. The van der Waals surface area contributed by atoms with Gasteiger partial charge in [-0.2, -0.15) is 0 Å². The molecular weight excluding hydrogens is 237 g/mol. The van der Waals surface area contributed by atoms with Crippen molar-refractivity contribution in [2.75, 3.05) is 13.6 Å². The highest BCUT2D eigenvalue weighted by Crippen LogP contribution is 2.55. The molecule has 1 spiro atoms. The molecule has 0 amide bonds. The van der Waals surface area contributed by atoms with Crippen molar-refractivity contribution in [3.05, 3.63) is 0 Å². The Morgan fingerprint density at radius 1 is 1.40 bits per heavy atom. The molecule has 10 heavy (non-hydrogen) atoms. The molecule has 0 radical (unpaired) electrons. The Bertz CT molecular complexity index is 142. The number of alkyl halides is 1. The van der Waals surface area contributed by atoms with Crippen LogP contribution in [0.25, 0.3) is 0 Å². The zero-order valence-corrected chi connectivity index (χ0v) is 8.60. The molecule has 1 saturated carbocycles. The summed E-state index contributed by atoms with van der Waals surface area (Å²) in [5.74, 6) is 0. The van der Waals surface area contributed by atoms with E-state index in [1.54, 1.807) is 0 Å². The maximum Gasteiger partial charge on any atom is 0.0621 e. The van der Waals surface area contributed by atoms with Crippen LogP contribution in [-0.2, 0) is 0 Å². The van der Waals surface area contributed by atoms with E-state index in [9.17, 15) is 0 Å². The highest BCUT2D eigenvalue weighted by atomic mass is 127. The van der Waals surface area contributed by atoms with Gasteiger partial charge in [-0.25, -0.2) is 0 Å². The molecular formula is C8H14IN. The fraction of sp³-hybridized carbons (Fsp3) is 1.00. The van der Waals surface area contributed by atoms with E-state index in [1.165, 1.54) is 32.2 Å². The van der Waals surface area contributed by atoms with Gasteiger partial charge >= 0.3 is 0 Å². The van der Waals surface area contributed by atoms with Gasteiger partial charge in [0, 0.05) is 0 Å². The van der Waals surface area contributed by atoms with Crippen molar-refractivity contribution >= 4 is 22.6 Å². The number of hydrogen-bond donors (Lipinski definition) is 0. The van der Waals surface area contributed by atoms with Crippen LogP contribution in [0.5, 0.6) is 0 Å². The smallest absolute Gasteiger partial charge is 0.0621 e. The average molecular weight is 251 g/mol. The molecule has 1 aliphatic carbocycles. The lowest BCUT2D eigenvalue weighted by molar-refractivity contribution is 0.194. The van der Waals surface area contributed by atoms with Crippen molar-refractivity contribution in [3.8, 4) is 0 Å². The monoisotopic (exact) mass is 251 g/mol. The van der Waals surface area contributed by atoms with Crippen molar-refractivity contribution < 1.29 is 0 Å². The predicted octanol–water partition coefficient (Wildman–Crippen LogP) is 2.25. The summed E-state index contributed by atoms with van der Waals surface area (Å²) in [5.41, 5.74) is 0.832. The maximum absolute atomic E-state index is 2.57. The molecule has 1 nitrogen and oxygen atoms in total. The molecule has 0 aromatic rings. The van der Waals surface area contributed by atoms with Gasteiger partial charge in [-0.05, 0) is 44.7 Å². The Kier molecular flexibility index (Phi) is 1.72. The van der Waals surface area contributed by atoms with E-state index in [0.717, 1.165) is 9.46 Å². The SMILES string of the molecule is CN1CCC2(CC2)CC1I.